The summed E-state index contributed by atoms with van der Waals surface area (Å²) in [5, 5.41) is 1.85. The van der Waals surface area contributed by atoms with E-state index in [0.717, 1.165) is 53.0 Å². The first kappa shape index (κ1) is 19.8. The van der Waals surface area contributed by atoms with Gasteiger partial charge in [0.15, 0.2) is 0 Å². The topological polar surface area (TPSA) is 49.0 Å². The number of fused-ring (bicyclic) bond motifs is 1. The van der Waals surface area contributed by atoms with Crippen LogP contribution < -0.4 is 0 Å². The minimum atomic E-state index is 0.0181. The van der Waals surface area contributed by atoms with Crippen LogP contribution in [0.1, 0.15) is 51.8 Å². The number of pyridine rings is 1. The molecule has 31 heavy (non-hydrogen) atoms. The van der Waals surface area contributed by atoms with E-state index < -0.39 is 0 Å². The maximum Gasteiger partial charge on any atom is 0.270 e. The fraction of sp³-hybridized carbons (Fsp3) is 0.231. The molecule has 3 heterocycles. The van der Waals surface area contributed by atoms with E-state index in [-0.39, 0.29) is 11.9 Å². The van der Waals surface area contributed by atoms with Crippen molar-refractivity contribution in [3.8, 4) is 0 Å². The summed E-state index contributed by atoms with van der Waals surface area (Å²) in [4.78, 5) is 23.3. The molecule has 1 N–H and O–H groups in total. The summed E-state index contributed by atoms with van der Waals surface area (Å²) in [7, 11) is 0. The van der Waals surface area contributed by atoms with Crippen LogP contribution in [0.4, 0.5) is 0 Å². The van der Waals surface area contributed by atoms with Crippen molar-refractivity contribution in [1.29, 1.82) is 0 Å². The molecule has 1 amide bonds. The normalized spacial score (nSPS) is 16.2. The number of aryl methyl sites for hydroxylation is 1. The molecular weight excluding hydrogens is 406 g/mol. The van der Waals surface area contributed by atoms with Crippen molar-refractivity contribution in [3.63, 3.8) is 0 Å². The van der Waals surface area contributed by atoms with E-state index in [0.29, 0.717) is 5.69 Å². The lowest BCUT2D eigenvalue weighted by Gasteiger charge is -2.24. The van der Waals surface area contributed by atoms with Gasteiger partial charge in [0.25, 0.3) is 5.91 Å². The van der Waals surface area contributed by atoms with Gasteiger partial charge in [0.2, 0.25) is 0 Å². The van der Waals surface area contributed by atoms with E-state index >= 15 is 0 Å². The van der Waals surface area contributed by atoms with Crippen LogP contribution in [0, 0.1) is 6.92 Å². The molecule has 0 radical (unpaired) electrons. The number of amides is 1. The molecule has 1 saturated heterocycles. The highest BCUT2D eigenvalue weighted by molar-refractivity contribution is 6.30. The number of aromatic amines is 1. The third kappa shape index (κ3) is 3.96. The van der Waals surface area contributed by atoms with E-state index in [4.69, 9.17) is 16.6 Å². The van der Waals surface area contributed by atoms with Crippen molar-refractivity contribution in [1.82, 2.24) is 14.9 Å². The summed E-state index contributed by atoms with van der Waals surface area (Å²) in [5.41, 5.74) is 6.12. The van der Waals surface area contributed by atoms with Crippen LogP contribution in [-0.4, -0.2) is 27.3 Å². The van der Waals surface area contributed by atoms with Gasteiger partial charge in [-0.05, 0) is 73.2 Å². The Bertz CT molecular complexity index is 1230. The summed E-state index contributed by atoms with van der Waals surface area (Å²) in [6.45, 7) is 2.82. The highest BCUT2D eigenvalue weighted by Crippen LogP contribution is 2.33. The Kier molecular flexibility index (Phi) is 5.24. The van der Waals surface area contributed by atoms with Gasteiger partial charge in [0.05, 0.1) is 11.7 Å². The van der Waals surface area contributed by atoms with Gasteiger partial charge in [-0.3, -0.25) is 9.78 Å². The van der Waals surface area contributed by atoms with E-state index in [1.165, 1.54) is 11.1 Å². The molecule has 2 aromatic heterocycles. The number of carbonyl (C=O) groups is 1. The molecule has 156 valence electrons. The van der Waals surface area contributed by atoms with Gasteiger partial charge in [-0.25, -0.2) is 0 Å². The van der Waals surface area contributed by atoms with Crippen molar-refractivity contribution in [2.24, 2.45) is 0 Å². The molecular formula is C26H24ClN3O. The predicted molar refractivity (Wildman–Crippen MR) is 125 cm³/mol. The first-order chi connectivity index (χ1) is 15.1. The lowest BCUT2D eigenvalue weighted by Crippen LogP contribution is -2.31. The van der Waals surface area contributed by atoms with Crippen LogP contribution >= 0.6 is 11.6 Å². The summed E-state index contributed by atoms with van der Waals surface area (Å²) in [5.74, 6) is 0.0464. The first-order valence-electron chi connectivity index (χ1n) is 10.7. The Hall–Kier alpha value is -3.11. The highest BCUT2D eigenvalue weighted by Gasteiger charge is 2.32. The molecule has 1 atom stereocenters. The Labute approximate surface area is 186 Å². The van der Waals surface area contributed by atoms with E-state index in [9.17, 15) is 4.79 Å². The minimum absolute atomic E-state index is 0.0181. The molecule has 4 nitrogen and oxygen atoms in total. The maximum absolute atomic E-state index is 13.3. The molecule has 0 bridgehead atoms. The van der Waals surface area contributed by atoms with Crippen LogP contribution in [0.3, 0.4) is 0 Å². The van der Waals surface area contributed by atoms with Crippen LogP contribution in [0.25, 0.3) is 10.9 Å². The fourth-order valence-corrected chi connectivity index (χ4v) is 4.60. The number of nitrogens with one attached hydrogen (secondary N) is 1. The van der Waals surface area contributed by atoms with Crippen molar-refractivity contribution in [2.45, 2.75) is 32.2 Å². The lowest BCUT2D eigenvalue weighted by atomic mass is 10.0. The standard InChI is InChI=1S/C26H24ClN3O/c1-17-4-2-5-22-21(17)15-24(29-22)26(31)30-13-3-6-25(30)23-12-9-19(16-28-23)14-18-7-10-20(27)11-8-18/h2,4-5,7-12,15-16,25,29H,3,6,13-14H2,1H3. The van der Waals surface area contributed by atoms with Gasteiger partial charge in [0.1, 0.15) is 5.69 Å². The summed E-state index contributed by atoms with van der Waals surface area (Å²) in [6, 6.07) is 20.2. The molecule has 1 unspecified atom stereocenters. The Morgan fingerprint density at radius 2 is 1.94 bits per heavy atom. The van der Waals surface area contributed by atoms with Gasteiger partial charge in [-0.15, -0.1) is 0 Å². The summed E-state index contributed by atoms with van der Waals surface area (Å²) in [6.07, 6.45) is 4.67. The van der Waals surface area contributed by atoms with Crippen molar-refractivity contribution in [2.75, 3.05) is 6.54 Å². The summed E-state index contributed by atoms with van der Waals surface area (Å²) >= 11 is 5.98. The second-order valence-electron chi connectivity index (χ2n) is 8.27. The molecule has 0 spiro atoms. The zero-order valence-electron chi connectivity index (χ0n) is 17.4. The number of aromatic nitrogens is 2. The number of nitrogens with zero attached hydrogens (tertiary/aromatic N) is 2. The lowest BCUT2D eigenvalue weighted by molar-refractivity contribution is 0.0728. The van der Waals surface area contributed by atoms with Gasteiger partial charge >= 0.3 is 0 Å². The third-order valence-electron chi connectivity index (χ3n) is 6.14. The third-order valence-corrected chi connectivity index (χ3v) is 6.39. The molecule has 1 aliphatic heterocycles. The molecule has 5 heteroatoms. The molecule has 1 fully saturated rings. The first-order valence-corrected chi connectivity index (χ1v) is 11.0. The van der Waals surface area contributed by atoms with Crippen LogP contribution in [0.2, 0.25) is 5.02 Å². The number of carbonyl (C=O) groups excluding carboxylic acids is 1. The quantitative estimate of drug-likeness (QED) is 0.426. The number of rotatable bonds is 4. The van der Waals surface area contributed by atoms with E-state index in [1.807, 2.05) is 53.6 Å². The van der Waals surface area contributed by atoms with Crippen LogP contribution in [0.5, 0.6) is 0 Å². The maximum atomic E-state index is 13.3. The monoisotopic (exact) mass is 429 g/mol. The predicted octanol–water partition coefficient (Wildman–Crippen LogP) is 6.09. The smallest absolute Gasteiger partial charge is 0.270 e. The number of H-pyrrole nitrogens is 1. The largest absolute Gasteiger partial charge is 0.351 e. The number of halogens is 1. The SMILES string of the molecule is Cc1cccc2[nH]c(C(=O)N3CCCC3c3ccc(Cc4ccc(Cl)cc4)cn3)cc12. The van der Waals surface area contributed by atoms with Gasteiger partial charge in [0, 0.05) is 28.7 Å². The average molecular weight is 430 g/mol. The molecule has 0 saturated carbocycles. The fourth-order valence-electron chi connectivity index (χ4n) is 4.47. The second-order valence-corrected chi connectivity index (χ2v) is 8.71. The Balaban J connectivity index is 1.35. The minimum Gasteiger partial charge on any atom is -0.351 e. The second kappa shape index (κ2) is 8.20. The molecule has 1 aliphatic rings. The Morgan fingerprint density at radius 3 is 2.68 bits per heavy atom. The van der Waals surface area contributed by atoms with Crippen LogP contribution in [0.15, 0.2) is 66.9 Å². The van der Waals surface area contributed by atoms with Gasteiger partial charge in [-0.2, -0.15) is 0 Å². The van der Waals surface area contributed by atoms with Crippen LogP contribution in [-0.2, 0) is 6.42 Å². The molecule has 4 aromatic rings. The zero-order valence-corrected chi connectivity index (χ0v) is 18.2. The van der Waals surface area contributed by atoms with Gasteiger partial charge in [-0.1, -0.05) is 41.9 Å². The number of hydrogen-bond acceptors (Lipinski definition) is 2. The van der Waals surface area contributed by atoms with Gasteiger partial charge < -0.3 is 9.88 Å². The molecule has 2 aromatic carbocycles. The number of benzene rings is 2. The number of hydrogen-bond donors (Lipinski definition) is 1. The van der Waals surface area contributed by atoms with Crippen molar-refractivity contribution in [3.05, 3.63) is 100.0 Å². The summed E-state index contributed by atoms with van der Waals surface area (Å²) < 4.78 is 0. The molecule has 0 aliphatic carbocycles. The zero-order chi connectivity index (χ0) is 21.4. The van der Waals surface area contributed by atoms with E-state index in [2.05, 4.69) is 30.1 Å². The highest BCUT2D eigenvalue weighted by atomic mass is 35.5. The number of likely N-dealkylation sites (tertiary alicyclic amines) is 1. The van der Waals surface area contributed by atoms with Crippen molar-refractivity contribution < 1.29 is 4.79 Å². The Morgan fingerprint density at radius 1 is 1.13 bits per heavy atom. The van der Waals surface area contributed by atoms with E-state index in [1.54, 1.807) is 0 Å². The average Bonchev–Trinajstić information content (AvgIpc) is 3.44. The molecule has 5 rings (SSSR count). The van der Waals surface area contributed by atoms with Crippen molar-refractivity contribution >= 4 is 28.4 Å².